The summed E-state index contributed by atoms with van der Waals surface area (Å²) < 4.78 is 5.57. The van der Waals surface area contributed by atoms with E-state index < -0.39 is 0 Å². The zero-order valence-electron chi connectivity index (χ0n) is 13.4. The van der Waals surface area contributed by atoms with Crippen molar-refractivity contribution >= 4 is 17.7 Å². The number of thioether (sulfide) groups is 1. The second kappa shape index (κ2) is 6.46. The van der Waals surface area contributed by atoms with Gasteiger partial charge in [0.15, 0.2) is 0 Å². The molecule has 0 bridgehead atoms. The van der Waals surface area contributed by atoms with Gasteiger partial charge in [-0.15, -0.1) is 0 Å². The maximum absolute atomic E-state index is 12.8. The molecule has 1 aromatic rings. The average Bonchev–Trinajstić information content (AvgIpc) is 2.98. The summed E-state index contributed by atoms with van der Waals surface area (Å²) in [4.78, 5) is 21.2. The van der Waals surface area contributed by atoms with E-state index in [0.717, 1.165) is 43.9 Å². The fourth-order valence-electron chi connectivity index (χ4n) is 3.18. The van der Waals surface area contributed by atoms with E-state index in [1.54, 1.807) is 6.20 Å². The van der Waals surface area contributed by atoms with Crippen LogP contribution in [0.3, 0.4) is 0 Å². The molecule has 0 unspecified atom stereocenters. The lowest BCUT2D eigenvalue weighted by atomic mass is 10.1. The standard InChI is InChI=1S/C16H23N3O2S/c1-18(2)13-9-19(10-15(13)22-3)16(20)12-7-11-5-4-6-21-14(11)8-17-12/h7-8,13,15H,4-6,9-10H2,1-3H3/t13-,15-/m1/s1. The molecule has 120 valence electrons. The molecular formula is C16H23N3O2S. The minimum atomic E-state index is 0.0387. The molecule has 1 fully saturated rings. The number of hydrogen-bond acceptors (Lipinski definition) is 5. The van der Waals surface area contributed by atoms with E-state index in [9.17, 15) is 4.79 Å². The van der Waals surface area contributed by atoms with Gasteiger partial charge in [0.2, 0.25) is 0 Å². The molecule has 3 heterocycles. The molecule has 0 saturated carbocycles. The molecular weight excluding hydrogens is 298 g/mol. The number of likely N-dealkylation sites (N-methyl/N-ethyl adjacent to an activating group) is 1. The Bertz CT molecular complexity index is 564. The van der Waals surface area contributed by atoms with Crippen molar-refractivity contribution in [3.63, 3.8) is 0 Å². The third-order valence-electron chi connectivity index (χ3n) is 4.51. The van der Waals surface area contributed by atoms with Crippen LogP contribution in [0.25, 0.3) is 0 Å². The van der Waals surface area contributed by atoms with Gasteiger partial charge in [-0.25, -0.2) is 4.98 Å². The van der Waals surface area contributed by atoms with Crippen LogP contribution >= 0.6 is 11.8 Å². The summed E-state index contributed by atoms with van der Waals surface area (Å²) in [5.74, 6) is 0.870. The zero-order chi connectivity index (χ0) is 15.7. The molecule has 6 heteroatoms. The molecule has 3 rings (SSSR count). The van der Waals surface area contributed by atoms with Gasteiger partial charge < -0.3 is 14.5 Å². The van der Waals surface area contributed by atoms with E-state index in [4.69, 9.17) is 4.74 Å². The fourth-order valence-corrected chi connectivity index (χ4v) is 4.16. The second-order valence-corrected chi connectivity index (χ2v) is 7.22. The fraction of sp³-hybridized carbons (Fsp3) is 0.625. The molecule has 1 amide bonds. The van der Waals surface area contributed by atoms with Crippen LogP contribution in [-0.4, -0.2) is 72.0 Å². The predicted molar refractivity (Wildman–Crippen MR) is 88.7 cm³/mol. The van der Waals surface area contributed by atoms with E-state index in [1.165, 1.54) is 0 Å². The van der Waals surface area contributed by atoms with Gasteiger partial charge in [-0.05, 0) is 44.8 Å². The number of aryl methyl sites for hydroxylation is 1. The highest BCUT2D eigenvalue weighted by molar-refractivity contribution is 7.99. The summed E-state index contributed by atoms with van der Waals surface area (Å²) in [7, 11) is 4.16. The summed E-state index contributed by atoms with van der Waals surface area (Å²) in [6.45, 7) is 2.30. The normalized spacial score (nSPS) is 24.3. The monoisotopic (exact) mass is 321 g/mol. The highest BCUT2D eigenvalue weighted by Gasteiger charge is 2.36. The highest BCUT2D eigenvalue weighted by Crippen LogP contribution is 2.27. The molecule has 2 aliphatic heterocycles. The van der Waals surface area contributed by atoms with Crippen molar-refractivity contribution in [2.75, 3.05) is 40.0 Å². The Balaban J connectivity index is 1.77. The molecule has 5 nitrogen and oxygen atoms in total. The second-order valence-electron chi connectivity index (χ2n) is 6.14. The van der Waals surface area contributed by atoms with Crippen LogP contribution in [-0.2, 0) is 6.42 Å². The van der Waals surface area contributed by atoms with Crippen LogP contribution in [0.1, 0.15) is 22.5 Å². The molecule has 0 radical (unpaired) electrons. The third kappa shape index (κ3) is 2.94. The van der Waals surface area contributed by atoms with E-state index in [0.29, 0.717) is 17.0 Å². The predicted octanol–water partition coefficient (Wildman–Crippen LogP) is 1.52. The summed E-state index contributed by atoms with van der Waals surface area (Å²) in [5.41, 5.74) is 1.65. The number of likely N-dealkylation sites (tertiary alicyclic amines) is 1. The molecule has 0 spiro atoms. The van der Waals surface area contributed by atoms with Gasteiger partial charge in [-0.3, -0.25) is 4.79 Å². The largest absolute Gasteiger partial charge is 0.492 e. The number of fused-ring (bicyclic) bond motifs is 1. The van der Waals surface area contributed by atoms with Crippen LogP contribution in [0.5, 0.6) is 5.75 Å². The smallest absolute Gasteiger partial charge is 0.272 e. The Kier molecular flexibility index (Phi) is 4.59. The number of ether oxygens (including phenoxy) is 1. The maximum Gasteiger partial charge on any atom is 0.272 e. The Morgan fingerprint density at radius 1 is 1.45 bits per heavy atom. The molecule has 0 aliphatic carbocycles. The molecule has 0 N–H and O–H groups in total. The van der Waals surface area contributed by atoms with Crippen LogP contribution in [0.15, 0.2) is 12.3 Å². The van der Waals surface area contributed by atoms with Gasteiger partial charge in [0.25, 0.3) is 5.91 Å². The number of aromatic nitrogens is 1. The Morgan fingerprint density at radius 2 is 2.27 bits per heavy atom. The molecule has 2 atom stereocenters. The number of amides is 1. The first-order valence-corrected chi connectivity index (χ1v) is 8.99. The average molecular weight is 321 g/mol. The van der Waals surface area contributed by atoms with Crippen molar-refractivity contribution in [2.45, 2.75) is 24.1 Å². The Hall–Kier alpha value is -1.27. The lowest BCUT2D eigenvalue weighted by Gasteiger charge is -2.23. The van der Waals surface area contributed by atoms with Crippen molar-refractivity contribution < 1.29 is 9.53 Å². The van der Waals surface area contributed by atoms with Gasteiger partial charge >= 0.3 is 0 Å². The number of nitrogens with zero attached hydrogens (tertiary/aromatic N) is 3. The zero-order valence-corrected chi connectivity index (χ0v) is 14.2. The number of hydrogen-bond donors (Lipinski definition) is 0. The van der Waals surface area contributed by atoms with Gasteiger partial charge in [0.1, 0.15) is 11.4 Å². The van der Waals surface area contributed by atoms with Gasteiger partial charge in [0.05, 0.1) is 12.8 Å². The molecule has 0 aromatic carbocycles. The number of pyridine rings is 1. The van der Waals surface area contributed by atoms with Crippen molar-refractivity contribution in [1.29, 1.82) is 0 Å². The molecule has 22 heavy (non-hydrogen) atoms. The highest BCUT2D eigenvalue weighted by atomic mass is 32.2. The summed E-state index contributed by atoms with van der Waals surface area (Å²) >= 11 is 1.83. The third-order valence-corrected chi connectivity index (χ3v) is 5.57. The van der Waals surface area contributed by atoms with Crippen molar-refractivity contribution in [1.82, 2.24) is 14.8 Å². The number of carbonyl (C=O) groups excluding carboxylic acids is 1. The minimum absolute atomic E-state index is 0.0387. The maximum atomic E-state index is 12.8. The van der Waals surface area contributed by atoms with Crippen molar-refractivity contribution in [3.05, 3.63) is 23.5 Å². The van der Waals surface area contributed by atoms with E-state index in [-0.39, 0.29) is 5.91 Å². The lowest BCUT2D eigenvalue weighted by Crippen LogP contribution is -2.37. The van der Waals surface area contributed by atoms with E-state index in [1.807, 2.05) is 22.7 Å². The Labute approximate surface area is 136 Å². The van der Waals surface area contributed by atoms with Crippen LogP contribution < -0.4 is 4.74 Å². The first-order valence-electron chi connectivity index (χ1n) is 7.70. The SMILES string of the molecule is CS[C@@H]1CN(C(=O)c2cc3c(cn2)OCCC3)C[C@H]1N(C)C. The molecule has 1 aromatic heterocycles. The van der Waals surface area contributed by atoms with Crippen LogP contribution in [0, 0.1) is 0 Å². The van der Waals surface area contributed by atoms with Crippen molar-refractivity contribution in [2.24, 2.45) is 0 Å². The first-order chi connectivity index (χ1) is 10.6. The Morgan fingerprint density at radius 3 is 2.95 bits per heavy atom. The van der Waals surface area contributed by atoms with Crippen LogP contribution in [0.2, 0.25) is 0 Å². The summed E-state index contributed by atoms with van der Waals surface area (Å²) in [6.07, 6.45) is 5.79. The number of rotatable bonds is 3. The van der Waals surface area contributed by atoms with E-state index in [2.05, 4.69) is 30.2 Å². The summed E-state index contributed by atoms with van der Waals surface area (Å²) in [6, 6.07) is 2.31. The van der Waals surface area contributed by atoms with E-state index >= 15 is 0 Å². The van der Waals surface area contributed by atoms with Gasteiger partial charge in [0, 0.05) is 24.4 Å². The lowest BCUT2D eigenvalue weighted by molar-refractivity contribution is 0.0777. The minimum Gasteiger partial charge on any atom is -0.492 e. The van der Waals surface area contributed by atoms with Gasteiger partial charge in [-0.1, -0.05) is 0 Å². The molecule has 1 saturated heterocycles. The molecule has 2 aliphatic rings. The summed E-state index contributed by atoms with van der Waals surface area (Å²) in [5, 5.41) is 0.458. The van der Waals surface area contributed by atoms with Crippen molar-refractivity contribution in [3.8, 4) is 5.75 Å². The van der Waals surface area contributed by atoms with Crippen LogP contribution in [0.4, 0.5) is 0 Å². The van der Waals surface area contributed by atoms with Gasteiger partial charge in [-0.2, -0.15) is 11.8 Å². The quantitative estimate of drug-likeness (QED) is 0.845. The first kappa shape index (κ1) is 15.6. The topological polar surface area (TPSA) is 45.7 Å². The number of carbonyl (C=O) groups is 1.